The molecule has 0 spiro atoms. The highest BCUT2D eigenvalue weighted by Crippen LogP contribution is 2.23. The third kappa shape index (κ3) is 3.83. The molecule has 1 N–H and O–H groups in total. The number of carbonyl (C=O) groups is 2. The van der Waals surface area contributed by atoms with Gasteiger partial charge in [-0.15, -0.1) is 0 Å². The standard InChI is InChI=1S/C16H19F3N2O2/c1-9(2)16(23)21-7-5-10(6-8-21)15(22)20-12-4-3-11(17)13(18)14(12)19/h3-4,9-10H,5-8H2,1-2H3,(H,20,22). The van der Waals surface area contributed by atoms with Gasteiger partial charge in [0, 0.05) is 24.9 Å². The Morgan fingerprint density at radius 1 is 1.13 bits per heavy atom. The zero-order valence-corrected chi connectivity index (χ0v) is 13.0. The van der Waals surface area contributed by atoms with Crippen molar-refractivity contribution < 1.29 is 22.8 Å². The largest absolute Gasteiger partial charge is 0.342 e. The van der Waals surface area contributed by atoms with Gasteiger partial charge < -0.3 is 10.2 Å². The number of likely N-dealkylation sites (tertiary alicyclic amines) is 1. The molecule has 1 aromatic carbocycles. The SMILES string of the molecule is CC(C)C(=O)N1CCC(C(=O)Nc2ccc(F)c(F)c2F)CC1. The lowest BCUT2D eigenvalue weighted by atomic mass is 9.95. The highest BCUT2D eigenvalue weighted by atomic mass is 19.2. The van der Waals surface area contributed by atoms with Crippen molar-refractivity contribution in [3.05, 3.63) is 29.6 Å². The Bertz CT molecular complexity index is 612. The maximum Gasteiger partial charge on any atom is 0.227 e. The van der Waals surface area contributed by atoms with E-state index in [2.05, 4.69) is 5.32 Å². The summed E-state index contributed by atoms with van der Waals surface area (Å²) in [5, 5.41) is 2.29. The van der Waals surface area contributed by atoms with Crippen molar-refractivity contribution in [2.45, 2.75) is 26.7 Å². The molecule has 2 rings (SSSR count). The van der Waals surface area contributed by atoms with Crippen LogP contribution in [0.2, 0.25) is 0 Å². The Labute approximate surface area is 132 Å². The van der Waals surface area contributed by atoms with Crippen molar-refractivity contribution in [1.82, 2.24) is 4.90 Å². The summed E-state index contributed by atoms with van der Waals surface area (Å²) in [5.41, 5.74) is -0.380. The van der Waals surface area contributed by atoms with E-state index in [1.165, 1.54) is 0 Å². The van der Waals surface area contributed by atoms with Crippen molar-refractivity contribution in [3.8, 4) is 0 Å². The molecule has 0 aliphatic carbocycles. The van der Waals surface area contributed by atoms with Crippen LogP contribution in [0.25, 0.3) is 0 Å². The fourth-order valence-corrected chi connectivity index (χ4v) is 2.58. The molecule has 1 aliphatic heterocycles. The van der Waals surface area contributed by atoms with Gasteiger partial charge in [-0.25, -0.2) is 13.2 Å². The van der Waals surface area contributed by atoms with Gasteiger partial charge in [0.05, 0.1) is 5.69 Å². The maximum atomic E-state index is 13.6. The minimum Gasteiger partial charge on any atom is -0.342 e. The molecule has 4 nitrogen and oxygen atoms in total. The second-order valence-electron chi connectivity index (χ2n) is 5.97. The number of nitrogens with one attached hydrogen (secondary N) is 1. The number of carbonyl (C=O) groups excluding carboxylic acids is 2. The molecule has 0 bridgehead atoms. The molecular formula is C16H19F3N2O2. The van der Waals surface area contributed by atoms with Gasteiger partial charge in [-0.2, -0.15) is 0 Å². The van der Waals surface area contributed by atoms with Crippen LogP contribution in [-0.2, 0) is 9.59 Å². The van der Waals surface area contributed by atoms with Gasteiger partial charge in [0.2, 0.25) is 11.8 Å². The van der Waals surface area contributed by atoms with Gasteiger partial charge in [0.1, 0.15) is 0 Å². The molecule has 23 heavy (non-hydrogen) atoms. The first kappa shape index (κ1) is 17.3. The quantitative estimate of drug-likeness (QED) is 0.867. The van der Waals surface area contributed by atoms with E-state index < -0.39 is 29.3 Å². The fourth-order valence-electron chi connectivity index (χ4n) is 2.58. The second-order valence-corrected chi connectivity index (χ2v) is 5.97. The Hall–Kier alpha value is -2.05. The second kappa shape index (κ2) is 7.02. The molecule has 0 radical (unpaired) electrons. The summed E-state index contributed by atoms with van der Waals surface area (Å²) in [4.78, 5) is 25.7. The van der Waals surface area contributed by atoms with Gasteiger partial charge >= 0.3 is 0 Å². The number of hydrogen-bond donors (Lipinski definition) is 1. The number of nitrogens with zero attached hydrogens (tertiary/aromatic N) is 1. The lowest BCUT2D eigenvalue weighted by Crippen LogP contribution is -2.43. The zero-order valence-electron chi connectivity index (χ0n) is 13.0. The Balaban J connectivity index is 1.96. The van der Waals surface area contributed by atoms with Crippen molar-refractivity contribution in [1.29, 1.82) is 0 Å². The van der Waals surface area contributed by atoms with Gasteiger partial charge in [-0.05, 0) is 25.0 Å². The number of amides is 2. The molecule has 1 aromatic rings. The van der Waals surface area contributed by atoms with Crippen molar-refractivity contribution in [3.63, 3.8) is 0 Å². The first-order valence-electron chi connectivity index (χ1n) is 7.54. The highest BCUT2D eigenvalue weighted by Gasteiger charge is 2.29. The van der Waals surface area contributed by atoms with Crippen LogP contribution in [0.3, 0.4) is 0 Å². The van der Waals surface area contributed by atoms with E-state index in [9.17, 15) is 22.8 Å². The van der Waals surface area contributed by atoms with E-state index in [0.29, 0.717) is 25.9 Å². The van der Waals surface area contributed by atoms with Crippen LogP contribution in [0, 0.1) is 29.3 Å². The van der Waals surface area contributed by atoms with Crippen LogP contribution < -0.4 is 5.32 Å². The van der Waals surface area contributed by atoms with E-state index in [-0.39, 0.29) is 17.5 Å². The maximum absolute atomic E-state index is 13.6. The van der Waals surface area contributed by atoms with E-state index in [1.54, 1.807) is 4.90 Å². The molecule has 126 valence electrons. The highest BCUT2D eigenvalue weighted by molar-refractivity contribution is 5.93. The molecule has 1 heterocycles. The molecule has 0 atom stereocenters. The molecule has 0 aromatic heterocycles. The predicted octanol–water partition coefficient (Wildman–Crippen LogP) is 2.94. The van der Waals surface area contributed by atoms with Crippen LogP contribution >= 0.6 is 0 Å². The van der Waals surface area contributed by atoms with Crippen molar-refractivity contribution in [2.24, 2.45) is 11.8 Å². The minimum atomic E-state index is -1.61. The summed E-state index contributed by atoms with van der Waals surface area (Å²) in [6.07, 6.45) is 0.908. The number of piperidine rings is 1. The first-order valence-corrected chi connectivity index (χ1v) is 7.54. The predicted molar refractivity (Wildman–Crippen MR) is 79.1 cm³/mol. The van der Waals surface area contributed by atoms with Gasteiger partial charge in [-0.1, -0.05) is 13.8 Å². The topological polar surface area (TPSA) is 49.4 Å². The number of rotatable bonds is 3. The number of halogens is 3. The van der Waals surface area contributed by atoms with E-state index in [0.717, 1.165) is 12.1 Å². The lowest BCUT2D eigenvalue weighted by Gasteiger charge is -2.32. The first-order chi connectivity index (χ1) is 10.8. The molecule has 0 unspecified atom stereocenters. The Morgan fingerprint density at radius 3 is 2.30 bits per heavy atom. The summed E-state index contributed by atoms with van der Waals surface area (Å²) in [7, 11) is 0. The van der Waals surface area contributed by atoms with Crippen LogP contribution in [0.5, 0.6) is 0 Å². The third-order valence-electron chi connectivity index (χ3n) is 3.96. The smallest absolute Gasteiger partial charge is 0.227 e. The van der Waals surface area contributed by atoms with Crippen molar-refractivity contribution >= 4 is 17.5 Å². The van der Waals surface area contributed by atoms with Crippen LogP contribution in [0.1, 0.15) is 26.7 Å². The summed E-state index contributed by atoms with van der Waals surface area (Å²) in [5.74, 6) is -5.23. The van der Waals surface area contributed by atoms with Gasteiger partial charge in [-0.3, -0.25) is 9.59 Å². The third-order valence-corrected chi connectivity index (χ3v) is 3.96. The monoisotopic (exact) mass is 328 g/mol. The Kier molecular flexibility index (Phi) is 5.28. The Morgan fingerprint density at radius 2 is 1.74 bits per heavy atom. The lowest BCUT2D eigenvalue weighted by molar-refractivity contribution is -0.137. The molecule has 1 fully saturated rings. The zero-order chi connectivity index (χ0) is 17.1. The summed E-state index contributed by atoms with van der Waals surface area (Å²) in [6, 6.07) is 1.75. The average Bonchev–Trinajstić information content (AvgIpc) is 2.54. The average molecular weight is 328 g/mol. The molecule has 1 saturated heterocycles. The van der Waals surface area contributed by atoms with E-state index in [1.807, 2.05) is 13.8 Å². The molecule has 1 aliphatic rings. The van der Waals surface area contributed by atoms with E-state index in [4.69, 9.17) is 0 Å². The van der Waals surface area contributed by atoms with Gasteiger partial charge in [0.15, 0.2) is 17.5 Å². The number of hydrogen-bond acceptors (Lipinski definition) is 2. The normalized spacial score (nSPS) is 15.8. The summed E-state index contributed by atoms with van der Waals surface area (Å²) < 4.78 is 39.6. The minimum absolute atomic E-state index is 0.0375. The molecule has 7 heteroatoms. The fraction of sp³-hybridized carbons (Fsp3) is 0.500. The number of anilines is 1. The van der Waals surface area contributed by atoms with Crippen molar-refractivity contribution in [2.75, 3.05) is 18.4 Å². The molecular weight excluding hydrogens is 309 g/mol. The molecule has 2 amide bonds. The molecule has 0 saturated carbocycles. The van der Waals surface area contributed by atoms with Crippen LogP contribution in [0.4, 0.5) is 18.9 Å². The van der Waals surface area contributed by atoms with E-state index >= 15 is 0 Å². The summed E-state index contributed by atoms with van der Waals surface area (Å²) in [6.45, 7) is 4.53. The number of benzene rings is 1. The van der Waals surface area contributed by atoms with Crippen LogP contribution in [0.15, 0.2) is 12.1 Å². The summed E-state index contributed by atoms with van der Waals surface area (Å²) >= 11 is 0. The van der Waals surface area contributed by atoms with Crippen LogP contribution in [-0.4, -0.2) is 29.8 Å². The van der Waals surface area contributed by atoms with Gasteiger partial charge in [0.25, 0.3) is 0 Å².